The van der Waals surface area contributed by atoms with Gasteiger partial charge in [0.2, 0.25) is 0 Å². The average Bonchev–Trinajstić information content (AvgIpc) is 2.87. The quantitative estimate of drug-likeness (QED) is 0.877. The van der Waals surface area contributed by atoms with Gasteiger partial charge in [-0.05, 0) is 24.7 Å². The highest BCUT2D eigenvalue weighted by Crippen LogP contribution is 2.30. The van der Waals surface area contributed by atoms with E-state index in [1.54, 1.807) is 16.8 Å². The van der Waals surface area contributed by atoms with Crippen molar-refractivity contribution in [1.82, 2.24) is 9.88 Å². The molecule has 1 aromatic heterocycles. The highest BCUT2D eigenvalue weighted by atomic mass is 32.2. The predicted octanol–water partition coefficient (Wildman–Crippen LogP) is 2.01. The van der Waals surface area contributed by atoms with E-state index < -0.39 is 0 Å². The Bertz CT molecular complexity index is 430. The number of amides is 1. The molecule has 0 aromatic carbocycles. The molecule has 0 aliphatic heterocycles. The zero-order valence-corrected chi connectivity index (χ0v) is 11.8. The van der Waals surface area contributed by atoms with Crippen LogP contribution in [0.3, 0.4) is 0 Å². The zero-order chi connectivity index (χ0) is 13.1. The van der Waals surface area contributed by atoms with E-state index in [-0.39, 0.29) is 5.91 Å². The van der Waals surface area contributed by atoms with Crippen LogP contribution in [0.5, 0.6) is 0 Å². The third kappa shape index (κ3) is 2.83. The summed E-state index contributed by atoms with van der Waals surface area (Å²) in [4.78, 5) is 12.2. The number of rotatable bonds is 4. The minimum absolute atomic E-state index is 0.0113. The van der Waals surface area contributed by atoms with Crippen LogP contribution in [-0.4, -0.2) is 27.5 Å². The maximum Gasteiger partial charge on any atom is 0.268 e. The fraction of sp³-hybridized carbons (Fsp3) is 0.615. The van der Waals surface area contributed by atoms with Gasteiger partial charge in [-0.15, -0.1) is 0 Å². The molecule has 2 atom stereocenters. The van der Waals surface area contributed by atoms with Gasteiger partial charge in [0, 0.05) is 24.5 Å². The molecule has 0 saturated heterocycles. The molecule has 0 radical (unpaired) electrons. The van der Waals surface area contributed by atoms with E-state index in [1.807, 2.05) is 18.8 Å². The number of aryl methyl sites for hydroxylation is 1. The summed E-state index contributed by atoms with van der Waals surface area (Å²) in [5.74, 6) is 1.09. The highest BCUT2D eigenvalue weighted by molar-refractivity contribution is 7.99. The molecule has 1 fully saturated rings. The molecule has 2 unspecified atom stereocenters. The van der Waals surface area contributed by atoms with Gasteiger partial charge in [-0.25, -0.2) is 0 Å². The summed E-state index contributed by atoms with van der Waals surface area (Å²) in [5, 5.41) is 3.71. The van der Waals surface area contributed by atoms with Crippen molar-refractivity contribution in [1.29, 1.82) is 0 Å². The van der Waals surface area contributed by atoms with Gasteiger partial charge in [0.15, 0.2) is 0 Å². The molecule has 1 aliphatic carbocycles. The lowest BCUT2D eigenvalue weighted by molar-refractivity contribution is 0.0930. The van der Waals surface area contributed by atoms with Crippen molar-refractivity contribution in [2.24, 2.45) is 7.05 Å². The molecule has 1 amide bonds. The first kappa shape index (κ1) is 13.3. The number of nitrogens with one attached hydrogen (secondary N) is 1. The van der Waals surface area contributed by atoms with Crippen molar-refractivity contribution in [2.45, 2.75) is 37.5 Å². The summed E-state index contributed by atoms with van der Waals surface area (Å²) in [5.41, 5.74) is 6.97. The summed E-state index contributed by atoms with van der Waals surface area (Å²) in [6.45, 7) is 2.17. The fourth-order valence-electron chi connectivity index (χ4n) is 2.56. The summed E-state index contributed by atoms with van der Waals surface area (Å²) < 4.78 is 1.78. The minimum Gasteiger partial charge on any atom is -0.397 e. The van der Waals surface area contributed by atoms with Crippen molar-refractivity contribution < 1.29 is 4.79 Å². The Morgan fingerprint density at radius 1 is 1.61 bits per heavy atom. The normalized spacial score (nSPS) is 23.2. The standard InChI is InChI=1S/C13H21N3OS/c1-3-18-12-6-4-5-10(12)15-13(17)11-7-9(14)8-16(11)2/h7-8,10,12H,3-6,14H2,1-2H3,(H,15,17). The molecule has 100 valence electrons. The van der Waals surface area contributed by atoms with Crippen LogP contribution in [0.2, 0.25) is 0 Å². The number of hydrogen-bond acceptors (Lipinski definition) is 3. The number of aromatic nitrogens is 1. The van der Waals surface area contributed by atoms with E-state index in [9.17, 15) is 4.79 Å². The molecule has 1 saturated carbocycles. The first-order chi connectivity index (χ1) is 8.61. The van der Waals surface area contributed by atoms with Gasteiger partial charge in [-0.1, -0.05) is 13.3 Å². The SMILES string of the molecule is CCSC1CCCC1NC(=O)c1cc(N)cn1C. The molecule has 0 bridgehead atoms. The number of nitrogen functional groups attached to an aromatic ring is 1. The van der Waals surface area contributed by atoms with Crippen LogP contribution < -0.4 is 11.1 Å². The Hall–Kier alpha value is -1.10. The minimum atomic E-state index is -0.0113. The number of carbonyl (C=O) groups excluding carboxylic acids is 1. The summed E-state index contributed by atoms with van der Waals surface area (Å²) in [7, 11) is 1.85. The van der Waals surface area contributed by atoms with Crippen LogP contribution in [0.1, 0.15) is 36.7 Å². The predicted molar refractivity (Wildman–Crippen MR) is 76.9 cm³/mol. The smallest absolute Gasteiger partial charge is 0.268 e. The van der Waals surface area contributed by atoms with Crippen molar-refractivity contribution >= 4 is 23.4 Å². The number of thioether (sulfide) groups is 1. The van der Waals surface area contributed by atoms with Gasteiger partial charge in [0.25, 0.3) is 5.91 Å². The lowest BCUT2D eigenvalue weighted by atomic mass is 10.2. The van der Waals surface area contributed by atoms with Crippen LogP contribution in [-0.2, 0) is 7.05 Å². The molecule has 2 rings (SSSR count). The number of anilines is 1. The molecule has 3 N–H and O–H groups in total. The van der Waals surface area contributed by atoms with Crippen molar-refractivity contribution in [2.75, 3.05) is 11.5 Å². The first-order valence-electron chi connectivity index (χ1n) is 6.46. The zero-order valence-electron chi connectivity index (χ0n) is 11.0. The second-order valence-corrected chi connectivity index (χ2v) is 6.29. The third-order valence-electron chi connectivity index (χ3n) is 3.41. The molecule has 1 aromatic rings. The Labute approximate surface area is 112 Å². The maximum atomic E-state index is 12.2. The second kappa shape index (κ2) is 5.69. The van der Waals surface area contributed by atoms with Crippen molar-refractivity contribution in [3.8, 4) is 0 Å². The summed E-state index contributed by atoms with van der Waals surface area (Å²) in [6, 6.07) is 2.03. The molecular weight excluding hydrogens is 246 g/mol. The second-order valence-electron chi connectivity index (χ2n) is 4.77. The molecule has 18 heavy (non-hydrogen) atoms. The van der Waals surface area contributed by atoms with Gasteiger partial charge >= 0.3 is 0 Å². The lowest BCUT2D eigenvalue weighted by Crippen LogP contribution is -2.39. The van der Waals surface area contributed by atoms with Crippen molar-refractivity contribution in [3.63, 3.8) is 0 Å². The number of nitrogens with two attached hydrogens (primary N) is 1. The summed E-state index contributed by atoms with van der Waals surface area (Å²) >= 11 is 1.95. The first-order valence-corrected chi connectivity index (χ1v) is 7.51. The van der Waals surface area contributed by atoms with E-state index in [2.05, 4.69) is 12.2 Å². The average molecular weight is 267 g/mol. The Morgan fingerprint density at radius 2 is 2.39 bits per heavy atom. The van der Waals surface area contributed by atoms with Gasteiger partial charge in [0.05, 0.1) is 5.69 Å². The van der Waals surface area contributed by atoms with Gasteiger partial charge in [0.1, 0.15) is 5.69 Å². The maximum absolute atomic E-state index is 12.2. The van der Waals surface area contributed by atoms with Crippen LogP contribution in [0.15, 0.2) is 12.3 Å². The van der Waals surface area contributed by atoms with E-state index in [4.69, 9.17) is 5.73 Å². The van der Waals surface area contributed by atoms with Gasteiger partial charge < -0.3 is 15.6 Å². The van der Waals surface area contributed by atoms with E-state index in [0.29, 0.717) is 22.7 Å². The summed E-state index contributed by atoms with van der Waals surface area (Å²) in [6.07, 6.45) is 5.27. The lowest BCUT2D eigenvalue weighted by Gasteiger charge is -2.20. The largest absolute Gasteiger partial charge is 0.397 e. The van der Waals surface area contributed by atoms with Crippen molar-refractivity contribution in [3.05, 3.63) is 18.0 Å². The molecule has 4 nitrogen and oxygen atoms in total. The van der Waals surface area contributed by atoms with Gasteiger partial charge in [-0.2, -0.15) is 11.8 Å². The van der Waals surface area contributed by atoms with Crippen LogP contribution in [0, 0.1) is 0 Å². The van der Waals surface area contributed by atoms with Crippen LogP contribution >= 0.6 is 11.8 Å². The highest BCUT2D eigenvalue weighted by Gasteiger charge is 2.29. The number of nitrogens with zero attached hydrogens (tertiary/aromatic N) is 1. The molecule has 1 aliphatic rings. The monoisotopic (exact) mass is 267 g/mol. The van der Waals surface area contributed by atoms with Crippen LogP contribution in [0.4, 0.5) is 5.69 Å². The molecule has 1 heterocycles. The molecule has 5 heteroatoms. The fourth-order valence-corrected chi connectivity index (χ4v) is 3.76. The molecular formula is C13H21N3OS. The number of hydrogen-bond donors (Lipinski definition) is 2. The Balaban J connectivity index is 2.00. The topological polar surface area (TPSA) is 60.1 Å². The molecule has 0 spiro atoms. The van der Waals surface area contributed by atoms with Crippen LogP contribution in [0.25, 0.3) is 0 Å². The Kier molecular flexibility index (Phi) is 4.22. The van der Waals surface area contributed by atoms with E-state index >= 15 is 0 Å². The third-order valence-corrected chi connectivity index (χ3v) is 4.73. The van der Waals surface area contributed by atoms with Gasteiger partial charge in [-0.3, -0.25) is 4.79 Å². The van der Waals surface area contributed by atoms with E-state index in [0.717, 1.165) is 12.2 Å². The Morgan fingerprint density at radius 3 is 3.00 bits per heavy atom. The van der Waals surface area contributed by atoms with E-state index in [1.165, 1.54) is 12.8 Å². The number of carbonyl (C=O) groups is 1.